The molecule has 0 aliphatic carbocycles. The Kier molecular flexibility index (Phi) is 6.40. The van der Waals surface area contributed by atoms with Crippen molar-refractivity contribution < 1.29 is 9.53 Å². The minimum atomic E-state index is 0.0968. The standard InChI is InChI=1S/C16H25NO2S/c1-16(2,3)13-7-9-14(10-8-13)19-11-6-12-20-15(18)17(4)5/h7-10H,6,11-12H2,1-5H3. The number of rotatable bonds is 5. The molecule has 0 fully saturated rings. The molecule has 1 aromatic carbocycles. The lowest BCUT2D eigenvalue weighted by molar-refractivity contribution is 0.241. The molecule has 3 nitrogen and oxygen atoms in total. The highest BCUT2D eigenvalue weighted by molar-refractivity contribution is 8.13. The van der Waals surface area contributed by atoms with Crippen LogP contribution in [0.15, 0.2) is 24.3 Å². The van der Waals surface area contributed by atoms with Crippen molar-refractivity contribution in [1.29, 1.82) is 0 Å². The van der Waals surface area contributed by atoms with Crippen LogP contribution in [0.4, 0.5) is 4.79 Å². The molecule has 112 valence electrons. The van der Waals surface area contributed by atoms with Crippen molar-refractivity contribution in [2.75, 3.05) is 26.5 Å². The van der Waals surface area contributed by atoms with Crippen LogP contribution >= 0.6 is 11.8 Å². The van der Waals surface area contributed by atoms with Gasteiger partial charge in [0.25, 0.3) is 5.24 Å². The van der Waals surface area contributed by atoms with Gasteiger partial charge in [0.05, 0.1) is 6.61 Å². The molecule has 0 atom stereocenters. The minimum Gasteiger partial charge on any atom is -0.494 e. The van der Waals surface area contributed by atoms with Crippen LogP contribution in [0.3, 0.4) is 0 Å². The van der Waals surface area contributed by atoms with Crippen LogP contribution in [0.25, 0.3) is 0 Å². The molecule has 20 heavy (non-hydrogen) atoms. The summed E-state index contributed by atoms with van der Waals surface area (Å²) < 4.78 is 5.68. The van der Waals surface area contributed by atoms with E-state index in [1.807, 2.05) is 12.1 Å². The largest absolute Gasteiger partial charge is 0.494 e. The maximum Gasteiger partial charge on any atom is 0.281 e. The van der Waals surface area contributed by atoms with Gasteiger partial charge in [-0.05, 0) is 29.5 Å². The first-order valence-corrected chi connectivity index (χ1v) is 7.86. The third-order valence-electron chi connectivity index (χ3n) is 2.87. The van der Waals surface area contributed by atoms with Gasteiger partial charge in [0.15, 0.2) is 0 Å². The normalized spacial score (nSPS) is 11.2. The molecule has 4 heteroatoms. The molecule has 0 aliphatic rings. The van der Waals surface area contributed by atoms with Gasteiger partial charge in [-0.1, -0.05) is 44.7 Å². The number of benzene rings is 1. The zero-order valence-electron chi connectivity index (χ0n) is 13.1. The van der Waals surface area contributed by atoms with Gasteiger partial charge < -0.3 is 9.64 Å². The van der Waals surface area contributed by atoms with Crippen LogP contribution in [0.2, 0.25) is 0 Å². The topological polar surface area (TPSA) is 29.5 Å². The van der Waals surface area contributed by atoms with Crippen molar-refractivity contribution in [2.45, 2.75) is 32.6 Å². The number of ether oxygens (including phenoxy) is 1. The molecule has 0 saturated carbocycles. The van der Waals surface area contributed by atoms with Gasteiger partial charge in [-0.2, -0.15) is 0 Å². The summed E-state index contributed by atoms with van der Waals surface area (Å²) in [5.41, 5.74) is 1.47. The summed E-state index contributed by atoms with van der Waals surface area (Å²) in [6, 6.07) is 8.25. The summed E-state index contributed by atoms with van der Waals surface area (Å²) in [6.07, 6.45) is 0.866. The molecule has 1 aromatic rings. The van der Waals surface area contributed by atoms with E-state index in [2.05, 4.69) is 32.9 Å². The molecule has 1 rings (SSSR count). The quantitative estimate of drug-likeness (QED) is 0.764. The summed E-state index contributed by atoms with van der Waals surface area (Å²) in [4.78, 5) is 12.9. The summed E-state index contributed by atoms with van der Waals surface area (Å²) >= 11 is 1.33. The maximum atomic E-state index is 11.4. The Bertz CT molecular complexity index is 421. The Labute approximate surface area is 126 Å². The van der Waals surface area contributed by atoms with Gasteiger partial charge in [0.2, 0.25) is 0 Å². The van der Waals surface area contributed by atoms with E-state index in [9.17, 15) is 4.79 Å². The molecular weight excluding hydrogens is 270 g/mol. The molecule has 0 heterocycles. The smallest absolute Gasteiger partial charge is 0.281 e. The summed E-state index contributed by atoms with van der Waals surface area (Å²) in [5.74, 6) is 1.68. The van der Waals surface area contributed by atoms with Crippen LogP contribution in [-0.4, -0.2) is 36.6 Å². The molecule has 0 aromatic heterocycles. The number of hydrogen-bond acceptors (Lipinski definition) is 3. The molecule has 1 amide bonds. The van der Waals surface area contributed by atoms with Gasteiger partial charge in [0, 0.05) is 19.8 Å². The highest BCUT2D eigenvalue weighted by Gasteiger charge is 2.12. The van der Waals surface area contributed by atoms with Crippen molar-refractivity contribution in [1.82, 2.24) is 4.90 Å². The van der Waals surface area contributed by atoms with Crippen molar-refractivity contribution >= 4 is 17.0 Å². The Hall–Kier alpha value is -1.16. The number of carbonyl (C=O) groups excluding carboxylic acids is 1. The average Bonchev–Trinajstić information content (AvgIpc) is 2.37. The lowest BCUT2D eigenvalue weighted by atomic mass is 9.87. The van der Waals surface area contributed by atoms with E-state index in [4.69, 9.17) is 4.74 Å². The molecule has 0 aliphatic heterocycles. The highest BCUT2D eigenvalue weighted by Crippen LogP contribution is 2.24. The lowest BCUT2D eigenvalue weighted by Gasteiger charge is -2.19. The van der Waals surface area contributed by atoms with Crippen LogP contribution < -0.4 is 4.74 Å². The molecular formula is C16H25NO2S. The molecule has 0 bridgehead atoms. The Balaban J connectivity index is 2.28. The fourth-order valence-corrected chi connectivity index (χ4v) is 2.28. The van der Waals surface area contributed by atoms with Crippen molar-refractivity contribution in [3.63, 3.8) is 0 Å². The van der Waals surface area contributed by atoms with Crippen LogP contribution in [0, 0.1) is 0 Å². The third kappa shape index (κ3) is 5.87. The predicted molar refractivity (Wildman–Crippen MR) is 86.8 cm³/mol. The molecule has 0 saturated heterocycles. The molecule has 0 N–H and O–H groups in total. The zero-order valence-corrected chi connectivity index (χ0v) is 13.9. The summed E-state index contributed by atoms with van der Waals surface area (Å²) in [5, 5.41) is 0.0968. The average molecular weight is 295 g/mol. The summed E-state index contributed by atoms with van der Waals surface area (Å²) in [6.45, 7) is 7.23. The highest BCUT2D eigenvalue weighted by atomic mass is 32.2. The second-order valence-electron chi connectivity index (χ2n) is 5.99. The van der Waals surface area contributed by atoms with E-state index < -0.39 is 0 Å². The van der Waals surface area contributed by atoms with Crippen LogP contribution in [-0.2, 0) is 5.41 Å². The van der Waals surface area contributed by atoms with Crippen LogP contribution in [0.5, 0.6) is 5.75 Å². The first-order chi connectivity index (χ1) is 9.30. The van der Waals surface area contributed by atoms with E-state index in [-0.39, 0.29) is 10.7 Å². The van der Waals surface area contributed by atoms with Crippen LogP contribution in [0.1, 0.15) is 32.8 Å². The Morgan fingerprint density at radius 2 is 1.80 bits per heavy atom. The third-order valence-corrected chi connectivity index (χ3v) is 3.97. The van der Waals surface area contributed by atoms with E-state index >= 15 is 0 Å². The number of hydrogen-bond donors (Lipinski definition) is 0. The lowest BCUT2D eigenvalue weighted by Crippen LogP contribution is -2.17. The maximum absolute atomic E-state index is 11.4. The second kappa shape index (κ2) is 7.58. The van der Waals surface area contributed by atoms with Gasteiger partial charge in [0.1, 0.15) is 5.75 Å². The van der Waals surface area contributed by atoms with Gasteiger partial charge in [-0.25, -0.2) is 0 Å². The SMILES string of the molecule is CN(C)C(=O)SCCCOc1ccc(C(C)(C)C)cc1. The van der Waals surface area contributed by atoms with E-state index in [0.717, 1.165) is 17.9 Å². The van der Waals surface area contributed by atoms with Gasteiger partial charge in [-0.15, -0.1) is 0 Å². The molecule has 0 spiro atoms. The minimum absolute atomic E-state index is 0.0968. The number of thioether (sulfide) groups is 1. The monoisotopic (exact) mass is 295 g/mol. The predicted octanol–water partition coefficient (Wildman–Crippen LogP) is 4.17. The second-order valence-corrected chi connectivity index (χ2v) is 7.03. The first kappa shape index (κ1) is 16.9. The zero-order chi connectivity index (χ0) is 15.2. The summed E-state index contributed by atoms with van der Waals surface area (Å²) in [7, 11) is 3.53. The van der Waals surface area contributed by atoms with Gasteiger partial charge >= 0.3 is 0 Å². The number of nitrogens with zero attached hydrogens (tertiary/aromatic N) is 1. The van der Waals surface area contributed by atoms with E-state index in [0.29, 0.717) is 6.61 Å². The van der Waals surface area contributed by atoms with Crippen molar-refractivity contribution in [2.24, 2.45) is 0 Å². The molecule has 0 radical (unpaired) electrons. The fourth-order valence-electron chi connectivity index (χ4n) is 1.59. The van der Waals surface area contributed by atoms with E-state index in [1.165, 1.54) is 17.3 Å². The fraction of sp³-hybridized carbons (Fsp3) is 0.562. The molecule has 0 unspecified atom stereocenters. The van der Waals surface area contributed by atoms with Gasteiger partial charge in [-0.3, -0.25) is 4.79 Å². The van der Waals surface area contributed by atoms with Crippen molar-refractivity contribution in [3.05, 3.63) is 29.8 Å². The Morgan fingerprint density at radius 3 is 2.30 bits per heavy atom. The van der Waals surface area contributed by atoms with E-state index in [1.54, 1.807) is 19.0 Å². The Morgan fingerprint density at radius 1 is 1.20 bits per heavy atom. The number of carbonyl (C=O) groups is 1. The van der Waals surface area contributed by atoms with Crippen molar-refractivity contribution in [3.8, 4) is 5.75 Å². The number of amides is 1. The first-order valence-electron chi connectivity index (χ1n) is 6.88.